The average molecular weight is 485 g/mol. The number of carbonyl (C=O) groups is 1. The van der Waals surface area contributed by atoms with Crippen molar-refractivity contribution in [2.24, 2.45) is 0 Å². The Bertz CT molecular complexity index is 1230. The zero-order chi connectivity index (χ0) is 24.6. The summed E-state index contributed by atoms with van der Waals surface area (Å²) < 4.78 is 43.8. The third-order valence-electron chi connectivity index (χ3n) is 5.08. The second-order valence-corrected chi connectivity index (χ2v) is 9.15. The summed E-state index contributed by atoms with van der Waals surface area (Å²) in [6.07, 6.45) is 0.618. The van der Waals surface area contributed by atoms with Crippen LogP contribution in [-0.4, -0.2) is 41.7 Å². The Kier molecular flexibility index (Phi) is 8.37. The molecular formula is C25H28N2O6S. The zero-order valence-corrected chi connectivity index (χ0v) is 20.1. The van der Waals surface area contributed by atoms with Crippen LogP contribution in [0.15, 0.2) is 71.6 Å². The van der Waals surface area contributed by atoms with E-state index in [9.17, 15) is 13.2 Å². The molecular weight excluding hydrogens is 456 g/mol. The van der Waals surface area contributed by atoms with Gasteiger partial charge in [-0.3, -0.25) is 9.52 Å². The van der Waals surface area contributed by atoms with Gasteiger partial charge in [0.05, 0.1) is 24.8 Å². The van der Waals surface area contributed by atoms with E-state index in [-0.39, 0.29) is 17.4 Å². The van der Waals surface area contributed by atoms with Crippen molar-refractivity contribution in [1.29, 1.82) is 0 Å². The number of ether oxygens (including phenoxy) is 3. The number of nitrogens with one attached hydrogen (secondary N) is 2. The van der Waals surface area contributed by atoms with E-state index in [1.165, 1.54) is 24.3 Å². The molecule has 2 N–H and O–H groups in total. The summed E-state index contributed by atoms with van der Waals surface area (Å²) in [4.78, 5) is 12.2. The van der Waals surface area contributed by atoms with Crippen LogP contribution in [0.4, 0.5) is 5.69 Å². The fourth-order valence-corrected chi connectivity index (χ4v) is 4.32. The molecule has 0 radical (unpaired) electrons. The molecule has 0 aliphatic carbocycles. The molecule has 3 aromatic rings. The minimum atomic E-state index is -3.73. The summed E-state index contributed by atoms with van der Waals surface area (Å²) in [5.41, 5.74) is 2.34. The maximum Gasteiger partial charge on any atom is 0.261 e. The Morgan fingerprint density at radius 3 is 2.29 bits per heavy atom. The standard InChI is InChI=1S/C25H28N2O6S/c1-18-6-4-5-7-22(18)27-34(29,30)21-11-9-20(10-12-21)33-17-25(28)26-15-14-19-8-13-23(31-2)24(16-19)32-3/h4-13,16,27H,14-15,17H2,1-3H3,(H,26,28). The number of rotatable bonds is 11. The van der Waals surface area contributed by atoms with Gasteiger partial charge in [-0.15, -0.1) is 0 Å². The van der Waals surface area contributed by atoms with Crippen LogP contribution in [0.3, 0.4) is 0 Å². The zero-order valence-electron chi connectivity index (χ0n) is 19.3. The smallest absolute Gasteiger partial charge is 0.261 e. The summed E-state index contributed by atoms with van der Waals surface area (Å²) in [5.74, 6) is 1.39. The molecule has 34 heavy (non-hydrogen) atoms. The molecule has 3 rings (SSSR count). The van der Waals surface area contributed by atoms with Crippen LogP contribution in [-0.2, 0) is 21.2 Å². The highest BCUT2D eigenvalue weighted by atomic mass is 32.2. The largest absolute Gasteiger partial charge is 0.493 e. The van der Waals surface area contributed by atoms with E-state index in [4.69, 9.17) is 14.2 Å². The minimum Gasteiger partial charge on any atom is -0.493 e. The Labute approximate surface area is 199 Å². The maximum atomic E-state index is 12.6. The van der Waals surface area contributed by atoms with Gasteiger partial charge in [0.25, 0.3) is 15.9 Å². The Morgan fingerprint density at radius 2 is 1.62 bits per heavy atom. The number of benzene rings is 3. The quantitative estimate of drug-likeness (QED) is 0.432. The van der Waals surface area contributed by atoms with Crippen molar-refractivity contribution in [2.75, 3.05) is 32.1 Å². The fourth-order valence-electron chi connectivity index (χ4n) is 3.19. The van der Waals surface area contributed by atoms with Crippen LogP contribution < -0.4 is 24.2 Å². The average Bonchev–Trinajstić information content (AvgIpc) is 2.84. The maximum absolute atomic E-state index is 12.6. The number of hydrogen-bond donors (Lipinski definition) is 2. The first-order valence-electron chi connectivity index (χ1n) is 10.6. The number of methoxy groups -OCH3 is 2. The third kappa shape index (κ3) is 6.64. The molecule has 0 fully saturated rings. The lowest BCUT2D eigenvalue weighted by Gasteiger charge is -2.12. The summed E-state index contributed by atoms with van der Waals surface area (Å²) in [7, 11) is -0.585. The summed E-state index contributed by atoms with van der Waals surface area (Å²) in [5, 5.41) is 2.79. The predicted molar refractivity (Wildman–Crippen MR) is 130 cm³/mol. The normalized spacial score (nSPS) is 10.9. The molecule has 1 amide bonds. The SMILES string of the molecule is COc1ccc(CCNC(=O)COc2ccc(S(=O)(=O)Nc3ccccc3C)cc2)cc1OC. The van der Waals surface area contributed by atoms with Crippen LogP contribution in [0, 0.1) is 6.92 Å². The molecule has 9 heteroatoms. The van der Waals surface area contributed by atoms with E-state index >= 15 is 0 Å². The van der Waals surface area contributed by atoms with Crippen LogP contribution in [0.2, 0.25) is 0 Å². The molecule has 0 spiro atoms. The monoisotopic (exact) mass is 484 g/mol. The second kappa shape index (κ2) is 11.4. The molecule has 0 aromatic heterocycles. The predicted octanol–water partition coefficient (Wildman–Crippen LogP) is 3.55. The van der Waals surface area contributed by atoms with Crippen molar-refractivity contribution in [3.8, 4) is 17.2 Å². The van der Waals surface area contributed by atoms with E-state index in [2.05, 4.69) is 10.0 Å². The van der Waals surface area contributed by atoms with E-state index in [0.29, 0.717) is 35.9 Å². The summed E-state index contributed by atoms with van der Waals surface area (Å²) in [6, 6.07) is 18.6. The van der Waals surface area contributed by atoms with Gasteiger partial charge in [0.2, 0.25) is 0 Å². The number of para-hydroxylation sites is 1. The van der Waals surface area contributed by atoms with Gasteiger partial charge in [0.15, 0.2) is 18.1 Å². The lowest BCUT2D eigenvalue weighted by molar-refractivity contribution is -0.123. The van der Waals surface area contributed by atoms with Crippen molar-refractivity contribution >= 4 is 21.6 Å². The molecule has 0 bridgehead atoms. The minimum absolute atomic E-state index is 0.0995. The van der Waals surface area contributed by atoms with Gasteiger partial charge in [-0.1, -0.05) is 24.3 Å². The first-order valence-corrected chi connectivity index (χ1v) is 12.1. The molecule has 0 heterocycles. The van der Waals surface area contributed by atoms with Gasteiger partial charge in [-0.25, -0.2) is 8.42 Å². The number of hydrogen-bond acceptors (Lipinski definition) is 6. The highest BCUT2D eigenvalue weighted by molar-refractivity contribution is 7.92. The summed E-state index contributed by atoms with van der Waals surface area (Å²) in [6.45, 7) is 2.08. The lowest BCUT2D eigenvalue weighted by Crippen LogP contribution is -2.30. The van der Waals surface area contributed by atoms with Crippen molar-refractivity contribution < 1.29 is 27.4 Å². The van der Waals surface area contributed by atoms with Crippen LogP contribution in [0.25, 0.3) is 0 Å². The third-order valence-corrected chi connectivity index (χ3v) is 6.46. The van der Waals surface area contributed by atoms with Crippen LogP contribution in [0.5, 0.6) is 17.2 Å². The number of aryl methyl sites for hydroxylation is 1. The fraction of sp³-hybridized carbons (Fsp3) is 0.240. The lowest BCUT2D eigenvalue weighted by atomic mass is 10.1. The summed E-state index contributed by atoms with van der Waals surface area (Å²) >= 11 is 0. The van der Waals surface area contributed by atoms with Gasteiger partial charge in [0, 0.05) is 6.54 Å². The molecule has 0 atom stereocenters. The van der Waals surface area contributed by atoms with Gasteiger partial charge >= 0.3 is 0 Å². The van der Waals surface area contributed by atoms with E-state index in [1.54, 1.807) is 26.4 Å². The molecule has 0 saturated carbocycles. The Balaban J connectivity index is 1.47. The Hall–Kier alpha value is -3.72. The van der Waals surface area contributed by atoms with Gasteiger partial charge in [0.1, 0.15) is 5.75 Å². The number of anilines is 1. The molecule has 8 nitrogen and oxygen atoms in total. The molecule has 3 aromatic carbocycles. The van der Waals surface area contributed by atoms with Gasteiger partial charge < -0.3 is 19.5 Å². The van der Waals surface area contributed by atoms with Gasteiger partial charge in [-0.05, 0) is 66.9 Å². The van der Waals surface area contributed by atoms with Crippen LogP contribution in [0.1, 0.15) is 11.1 Å². The first kappa shape index (κ1) is 24.9. The highest BCUT2D eigenvalue weighted by Crippen LogP contribution is 2.27. The number of amides is 1. The van der Waals surface area contributed by atoms with Crippen molar-refractivity contribution in [2.45, 2.75) is 18.2 Å². The topological polar surface area (TPSA) is 103 Å². The molecule has 0 saturated heterocycles. The highest BCUT2D eigenvalue weighted by Gasteiger charge is 2.15. The van der Waals surface area contributed by atoms with E-state index in [0.717, 1.165) is 11.1 Å². The van der Waals surface area contributed by atoms with Crippen molar-refractivity contribution in [1.82, 2.24) is 5.32 Å². The van der Waals surface area contributed by atoms with Crippen LogP contribution >= 0.6 is 0 Å². The van der Waals surface area contributed by atoms with Crippen molar-refractivity contribution in [3.05, 3.63) is 77.9 Å². The van der Waals surface area contributed by atoms with Crippen molar-refractivity contribution in [3.63, 3.8) is 0 Å². The number of sulfonamides is 1. The molecule has 0 unspecified atom stereocenters. The van der Waals surface area contributed by atoms with Gasteiger partial charge in [-0.2, -0.15) is 0 Å². The second-order valence-electron chi connectivity index (χ2n) is 7.47. The van der Waals surface area contributed by atoms with E-state index < -0.39 is 10.0 Å². The Morgan fingerprint density at radius 1 is 0.912 bits per heavy atom. The molecule has 0 aliphatic heterocycles. The first-order chi connectivity index (χ1) is 16.3. The van der Waals surface area contributed by atoms with E-state index in [1.807, 2.05) is 37.3 Å². The molecule has 0 aliphatic rings. The molecule has 180 valence electrons. The number of carbonyl (C=O) groups excluding carboxylic acids is 1.